The topological polar surface area (TPSA) is 194 Å². The van der Waals surface area contributed by atoms with Gasteiger partial charge < -0.3 is 31.5 Å². The van der Waals surface area contributed by atoms with E-state index in [0.29, 0.717) is 6.54 Å². The van der Waals surface area contributed by atoms with Gasteiger partial charge in [0.05, 0.1) is 23.3 Å². The Hall–Kier alpha value is -3.81. The van der Waals surface area contributed by atoms with Gasteiger partial charge in [-0.15, -0.1) is 0 Å². The molecule has 0 bridgehead atoms. The highest BCUT2D eigenvalue weighted by Crippen LogP contribution is 2.54. The van der Waals surface area contributed by atoms with Crippen LogP contribution < -0.4 is 11.1 Å². The number of hydrogen-bond acceptors (Lipinski definition) is 10. The number of aliphatic hydroxyl groups excluding tert-OH is 2. The number of hydrogen-bond donors (Lipinski definition) is 6. The highest BCUT2D eigenvalue weighted by atomic mass is 19.1. The fourth-order valence-corrected chi connectivity index (χ4v) is 7.07. The van der Waals surface area contributed by atoms with Crippen molar-refractivity contribution < 1.29 is 44.0 Å². The van der Waals surface area contributed by atoms with Gasteiger partial charge in [-0.25, -0.2) is 4.39 Å². The lowest BCUT2D eigenvalue weighted by Gasteiger charge is -2.50. The largest absolute Gasteiger partial charge is 0.508 e. The van der Waals surface area contributed by atoms with E-state index in [0.717, 1.165) is 6.42 Å². The third-order valence-corrected chi connectivity index (χ3v) is 8.98. The van der Waals surface area contributed by atoms with Crippen LogP contribution in [0.25, 0.3) is 5.76 Å². The van der Waals surface area contributed by atoms with Crippen molar-refractivity contribution in [2.24, 2.45) is 17.6 Å². The Kier molecular flexibility index (Phi) is 6.75. The minimum absolute atomic E-state index is 0.0284. The molecule has 3 aliphatic carbocycles. The molecule has 1 heterocycles. The van der Waals surface area contributed by atoms with Gasteiger partial charge >= 0.3 is 0 Å². The van der Waals surface area contributed by atoms with Crippen molar-refractivity contribution in [3.63, 3.8) is 0 Å². The molecule has 13 heteroatoms. The van der Waals surface area contributed by atoms with E-state index in [1.165, 1.54) is 19.0 Å². The Morgan fingerprint density at radius 2 is 1.78 bits per heavy atom. The number of Topliss-reactive ketones (excluding diaryl/α,β-unsaturated/α-hetero) is 2. The number of nitrogens with two attached hydrogens (primary N) is 1. The van der Waals surface area contributed by atoms with Crippen molar-refractivity contribution in [1.29, 1.82) is 0 Å². The number of likely N-dealkylation sites (N-methyl/N-ethyl adjacent to an activating group) is 2. The number of fused-ring (bicyclic) bond motifs is 4. The van der Waals surface area contributed by atoms with Crippen molar-refractivity contribution in [2.45, 2.75) is 50.3 Å². The van der Waals surface area contributed by atoms with Crippen LogP contribution in [0.4, 0.5) is 10.1 Å². The zero-order valence-electron chi connectivity index (χ0n) is 23.1. The van der Waals surface area contributed by atoms with Crippen LogP contribution in [0, 0.1) is 17.7 Å². The molecule has 0 spiro atoms. The number of phenolic OH excluding ortho intramolecular Hbond substituents is 1. The SMILES string of the molecule is CCCN(C)C1Cc2c(F)c3c(c(O)c2NC1=O)C(O)=C1C(=O)[C@]2(O)C(O)=C(C(N)=O)C(=O)[C@H](N(C)C)[C@@H]2C[C@@H]1C3. The molecule has 4 aliphatic rings. The van der Waals surface area contributed by atoms with Crippen LogP contribution in [0.1, 0.15) is 36.5 Å². The van der Waals surface area contributed by atoms with E-state index in [4.69, 9.17) is 5.73 Å². The summed E-state index contributed by atoms with van der Waals surface area (Å²) in [4.78, 5) is 55.2. The van der Waals surface area contributed by atoms with Crippen LogP contribution in [0.5, 0.6) is 5.75 Å². The monoisotopic (exact) mass is 572 g/mol. The van der Waals surface area contributed by atoms with Crippen molar-refractivity contribution >= 4 is 34.8 Å². The molecule has 12 nitrogen and oxygen atoms in total. The number of nitrogens with zero attached hydrogens (tertiary/aromatic N) is 2. The summed E-state index contributed by atoms with van der Waals surface area (Å²) in [6, 6.07) is -1.92. The van der Waals surface area contributed by atoms with E-state index in [-0.39, 0.29) is 36.1 Å². The number of carbonyl (C=O) groups is 4. The molecule has 0 radical (unpaired) electrons. The van der Waals surface area contributed by atoms with E-state index < -0.39 is 92.7 Å². The Bertz CT molecular complexity index is 1480. The molecule has 0 saturated heterocycles. The number of halogens is 1. The quantitative estimate of drug-likeness (QED) is 0.211. The number of rotatable bonds is 5. The van der Waals surface area contributed by atoms with Gasteiger partial charge in [0, 0.05) is 29.0 Å². The lowest BCUT2D eigenvalue weighted by atomic mass is 9.57. The third kappa shape index (κ3) is 3.82. The van der Waals surface area contributed by atoms with Crippen molar-refractivity contribution in [3.05, 3.63) is 39.4 Å². The van der Waals surface area contributed by atoms with E-state index in [9.17, 15) is 39.6 Å². The molecule has 41 heavy (non-hydrogen) atoms. The molecular formula is C28H33FN4O8. The summed E-state index contributed by atoms with van der Waals surface area (Å²) < 4.78 is 16.2. The first kappa shape index (κ1) is 28.7. The number of benzene rings is 1. The predicted molar refractivity (Wildman–Crippen MR) is 143 cm³/mol. The molecule has 1 aromatic rings. The Morgan fingerprint density at radius 3 is 2.37 bits per heavy atom. The molecule has 1 fully saturated rings. The normalized spacial score (nSPS) is 29.3. The van der Waals surface area contributed by atoms with Crippen LogP contribution in [0.3, 0.4) is 0 Å². The summed E-state index contributed by atoms with van der Waals surface area (Å²) in [5.74, 6) is -9.43. The number of nitrogens with one attached hydrogen (secondary N) is 1. The highest BCUT2D eigenvalue weighted by molar-refractivity contribution is 6.24. The maximum atomic E-state index is 16.2. The molecule has 1 saturated carbocycles. The maximum absolute atomic E-state index is 16.2. The molecule has 0 aromatic heterocycles. The first-order chi connectivity index (χ1) is 19.2. The van der Waals surface area contributed by atoms with Gasteiger partial charge in [0.2, 0.25) is 11.7 Å². The third-order valence-electron chi connectivity index (χ3n) is 8.98. The second-order valence-corrected chi connectivity index (χ2v) is 11.5. The highest BCUT2D eigenvalue weighted by Gasteiger charge is 2.64. The molecule has 1 aromatic carbocycles. The molecule has 2 amide bonds. The van der Waals surface area contributed by atoms with Gasteiger partial charge in [-0.05, 0) is 52.9 Å². The van der Waals surface area contributed by atoms with Gasteiger partial charge in [0.15, 0.2) is 17.1 Å². The van der Waals surface area contributed by atoms with Crippen LogP contribution in [0.2, 0.25) is 0 Å². The summed E-state index contributed by atoms with van der Waals surface area (Å²) in [5, 5.41) is 47.6. The minimum Gasteiger partial charge on any atom is -0.508 e. The average Bonchev–Trinajstić information content (AvgIpc) is 2.88. The van der Waals surface area contributed by atoms with E-state index in [1.807, 2.05) is 6.92 Å². The molecule has 5 rings (SSSR count). The van der Waals surface area contributed by atoms with Crippen LogP contribution >= 0.6 is 0 Å². The number of primary amides is 1. The summed E-state index contributed by atoms with van der Waals surface area (Å²) in [7, 11) is 4.74. The minimum atomic E-state index is -2.79. The molecule has 5 atom stereocenters. The predicted octanol–water partition coefficient (Wildman–Crippen LogP) is 0.308. The second kappa shape index (κ2) is 9.64. The number of aromatic hydroxyl groups is 1. The summed E-state index contributed by atoms with van der Waals surface area (Å²) in [6.07, 6.45) is 0.406. The van der Waals surface area contributed by atoms with E-state index in [1.54, 1.807) is 11.9 Å². The molecular weight excluding hydrogens is 539 g/mol. The number of aliphatic hydroxyl groups is 3. The average molecular weight is 573 g/mol. The van der Waals surface area contributed by atoms with E-state index >= 15 is 4.39 Å². The van der Waals surface area contributed by atoms with E-state index in [2.05, 4.69) is 5.32 Å². The first-order valence-corrected chi connectivity index (χ1v) is 13.4. The van der Waals surface area contributed by atoms with Gasteiger partial charge in [-0.2, -0.15) is 0 Å². The van der Waals surface area contributed by atoms with Crippen molar-refractivity contribution in [2.75, 3.05) is 33.0 Å². The van der Waals surface area contributed by atoms with Gasteiger partial charge in [-0.3, -0.25) is 29.0 Å². The Labute approximate surface area is 234 Å². The zero-order valence-corrected chi connectivity index (χ0v) is 23.1. The number of phenols is 1. The van der Waals surface area contributed by atoms with Crippen molar-refractivity contribution in [3.8, 4) is 5.75 Å². The summed E-state index contributed by atoms with van der Waals surface area (Å²) in [6.45, 7) is 2.52. The lowest BCUT2D eigenvalue weighted by Crippen LogP contribution is -2.65. The summed E-state index contributed by atoms with van der Waals surface area (Å²) in [5.41, 5.74) is 0.595. The van der Waals surface area contributed by atoms with Gasteiger partial charge in [-0.1, -0.05) is 6.92 Å². The Balaban J connectivity index is 1.69. The first-order valence-electron chi connectivity index (χ1n) is 13.4. The summed E-state index contributed by atoms with van der Waals surface area (Å²) >= 11 is 0. The Morgan fingerprint density at radius 1 is 1.12 bits per heavy atom. The molecule has 220 valence electrons. The van der Waals surface area contributed by atoms with Gasteiger partial charge in [0.1, 0.15) is 22.9 Å². The smallest absolute Gasteiger partial charge is 0.255 e. The standard InChI is InChI=1S/C28H33FN4O8/c1-5-6-33(4)14-9-12-18(29)11-7-10-8-13-20(32(2)3)23(36)17(26(30)39)25(38)28(13,41)24(37)15(10)21(34)16(11)22(35)19(12)31-27(14)40/h10,13-14,20,34-35,38,41H,5-9H2,1-4H3,(H2,30,39)(H,31,40)/t10-,13-,14?,20+,28-/m0/s1. The number of anilines is 1. The lowest BCUT2D eigenvalue weighted by molar-refractivity contribution is -0.153. The molecule has 1 unspecified atom stereocenters. The zero-order chi connectivity index (χ0) is 30.3. The van der Waals surface area contributed by atoms with Crippen molar-refractivity contribution in [1.82, 2.24) is 9.80 Å². The second-order valence-electron chi connectivity index (χ2n) is 11.5. The van der Waals surface area contributed by atoms with Crippen LogP contribution in [-0.2, 0) is 32.0 Å². The number of carbonyl (C=O) groups excluding carboxylic acids is 4. The number of ketones is 2. The van der Waals surface area contributed by atoms with Crippen LogP contribution in [0.15, 0.2) is 16.9 Å². The number of amides is 2. The van der Waals surface area contributed by atoms with Gasteiger partial charge in [0.25, 0.3) is 5.91 Å². The van der Waals surface area contributed by atoms with Crippen LogP contribution in [-0.4, -0.2) is 99.0 Å². The molecule has 7 N–H and O–H groups in total. The molecule has 1 aliphatic heterocycles. The fraction of sp³-hybridized carbons (Fsp3) is 0.500. The maximum Gasteiger partial charge on any atom is 0.255 e. The fourth-order valence-electron chi connectivity index (χ4n) is 7.07.